The van der Waals surface area contributed by atoms with E-state index in [1.54, 1.807) is 0 Å². The smallest absolute Gasteiger partial charge is 0.273 e. The lowest BCUT2D eigenvalue weighted by Gasteiger charge is -2.49. The van der Waals surface area contributed by atoms with Gasteiger partial charge in [-0.25, -0.2) is 0 Å². The van der Waals surface area contributed by atoms with Crippen molar-refractivity contribution < 1.29 is 14.8 Å². The Labute approximate surface area is 166 Å². The maximum Gasteiger partial charge on any atom is 0.273 e. The number of non-ortho nitro benzene ring substituents is 1. The van der Waals surface area contributed by atoms with Crippen LogP contribution >= 0.6 is 0 Å². The van der Waals surface area contributed by atoms with Gasteiger partial charge in [-0.1, -0.05) is 19.3 Å². The summed E-state index contributed by atoms with van der Waals surface area (Å²) >= 11 is 0. The SMILES string of the molecule is COc1cc([N+](=O)[O-])cc(CN2CCN3CCC[C@H]3[C@@H]2C2CCCCC2)c1O. The summed E-state index contributed by atoms with van der Waals surface area (Å²) in [6, 6.07) is 3.86. The summed E-state index contributed by atoms with van der Waals surface area (Å²) in [5.74, 6) is 0.893. The Morgan fingerprint density at radius 2 is 1.93 bits per heavy atom. The highest BCUT2D eigenvalue weighted by Crippen LogP contribution is 2.40. The molecule has 2 saturated heterocycles. The molecule has 1 saturated carbocycles. The number of hydrogen-bond donors (Lipinski definition) is 1. The van der Waals surface area contributed by atoms with Crippen molar-refractivity contribution in [1.82, 2.24) is 9.80 Å². The van der Waals surface area contributed by atoms with Crippen LogP contribution in [0.1, 0.15) is 50.5 Å². The average molecular weight is 389 g/mol. The van der Waals surface area contributed by atoms with Crippen molar-refractivity contribution in [2.24, 2.45) is 5.92 Å². The minimum absolute atomic E-state index is 0.0293. The lowest BCUT2D eigenvalue weighted by Crippen LogP contribution is -2.59. The van der Waals surface area contributed by atoms with E-state index in [1.807, 2.05) is 0 Å². The normalized spacial score (nSPS) is 26.9. The van der Waals surface area contributed by atoms with Gasteiger partial charge in [0.2, 0.25) is 0 Å². The molecule has 2 heterocycles. The number of phenols is 1. The van der Waals surface area contributed by atoms with Gasteiger partial charge in [-0.2, -0.15) is 0 Å². The molecule has 154 valence electrons. The summed E-state index contributed by atoms with van der Waals surface area (Å²) in [5.41, 5.74) is 0.566. The Hall–Kier alpha value is -1.86. The number of nitro benzene ring substituents is 1. The molecule has 0 unspecified atom stereocenters. The third-order valence-electron chi connectivity index (χ3n) is 6.98. The van der Waals surface area contributed by atoms with E-state index in [1.165, 1.54) is 70.7 Å². The molecule has 0 radical (unpaired) electrons. The Balaban J connectivity index is 1.63. The molecule has 7 heteroatoms. The quantitative estimate of drug-likeness (QED) is 0.613. The maximum absolute atomic E-state index is 11.3. The van der Waals surface area contributed by atoms with Gasteiger partial charge in [0, 0.05) is 43.3 Å². The second-order valence-corrected chi connectivity index (χ2v) is 8.52. The predicted molar refractivity (Wildman–Crippen MR) is 107 cm³/mol. The molecule has 7 nitrogen and oxygen atoms in total. The van der Waals surface area contributed by atoms with Crippen molar-refractivity contribution in [3.05, 3.63) is 27.8 Å². The third-order valence-corrected chi connectivity index (χ3v) is 6.98. The number of benzene rings is 1. The summed E-state index contributed by atoms with van der Waals surface area (Å²) < 4.78 is 5.20. The Morgan fingerprint density at radius 1 is 1.14 bits per heavy atom. The number of phenolic OH excluding ortho intramolecular Hbond substituents is 1. The number of hydrogen-bond acceptors (Lipinski definition) is 6. The Kier molecular flexibility index (Phi) is 5.73. The highest BCUT2D eigenvalue weighted by atomic mass is 16.6. The fourth-order valence-electron chi connectivity index (χ4n) is 5.69. The first-order chi connectivity index (χ1) is 13.6. The van der Waals surface area contributed by atoms with Gasteiger partial charge in [0.05, 0.1) is 18.1 Å². The van der Waals surface area contributed by atoms with Crippen LogP contribution < -0.4 is 4.74 Å². The van der Waals surface area contributed by atoms with Gasteiger partial charge < -0.3 is 9.84 Å². The van der Waals surface area contributed by atoms with Crippen molar-refractivity contribution in [3.63, 3.8) is 0 Å². The van der Waals surface area contributed by atoms with E-state index in [-0.39, 0.29) is 17.2 Å². The predicted octanol–water partition coefficient (Wildman–Crippen LogP) is 3.54. The summed E-state index contributed by atoms with van der Waals surface area (Å²) in [5, 5.41) is 22.0. The third kappa shape index (κ3) is 3.70. The molecular weight excluding hydrogens is 358 g/mol. The van der Waals surface area contributed by atoms with E-state index in [0.29, 0.717) is 30.1 Å². The van der Waals surface area contributed by atoms with Crippen LogP contribution in [0.5, 0.6) is 11.5 Å². The molecule has 1 N–H and O–H groups in total. The van der Waals surface area contributed by atoms with Crippen molar-refractivity contribution in [3.8, 4) is 11.5 Å². The largest absolute Gasteiger partial charge is 0.504 e. The fourth-order valence-corrected chi connectivity index (χ4v) is 5.69. The van der Waals surface area contributed by atoms with Crippen molar-refractivity contribution in [1.29, 1.82) is 0 Å². The second-order valence-electron chi connectivity index (χ2n) is 8.52. The molecule has 3 aliphatic rings. The number of nitro groups is 1. The van der Waals surface area contributed by atoms with Gasteiger partial charge in [0.25, 0.3) is 5.69 Å². The topological polar surface area (TPSA) is 79.1 Å². The zero-order chi connectivity index (χ0) is 19.7. The number of methoxy groups -OCH3 is 1. The summed E-state index contributed by atoms with van der Waals surface area (Å²) in [6.07, 6.45) is 8.99. The lowest BCUT2D eigenvalue weighted by molar-refractivity contribution is -0.385. The Morgan fingerprint density at radius 3 is 2.64 bits per heavy atom. The first kappa shape index (κ1) is 19.5. The van der Waals surface area contributed by atoms with Gasteiger partial charge >= 0.3 is 0 Å². The van der Waals surface area contributed by atoms with E-state index in [0.717, 1.165) is 13.1 Å². The molecule has 0 amide bonds. The Bertz CT molecular complexity index is 720. The van der Waals surface area contributed by atoms with Crippen LogP contribution in [0.2, 0.25) is 0 Å². The monoisotopic (exact) mass is 389 g/mol. The maximum atomic E-state index is 11.3. The summed E-state index contributed by atoms with van der Waals surface area (Å²) in [4.78, 5) is 16.0. The van der Waals surface area contributed by atoms with Crippen LogP contribution in [0.15, 0.2) is 12.1 Å². The number of nitrogens with zero attached hydrogens (tertiary/aromatic N) is 3. The number of rotatable bonds is 5. The van der Waals surface area contributed by atoms with Gasteiger partial charge in [-0.05, 0) is 38.1 Å². The standard InChI is InChI=1S/C21H31N3O4/c1-28-19-13-17(24(26)27)12-16(21(19)25)14-23-11-10-22-9-5-8-18(22)20(23)15-6-3-2-4-7-15/h12-13,15,18,20,25H,2-11,14H2,1H3/t18-,20-/m0/s1. The van der Waals surface area contributed by atoms with Crippen molar-refractivity contribution in [2.75, 3.05) is 26.7 Å². The van der Waals surface area contributed by atoms with E-state index >= 15 is 0 Å². The van der Waals surface area contributed by atoms with Crippen LogP contribution in [0.3, 0.4) is 0 Å². The van der Waals surface area contributed by atoms with E-state index in [2.05, 4.69) is 9.80 Å². The molecule has 0 aromatic heterocycles. The van der Waals surface area contributed by atoms with Gasteiger partial charge in [-0.3, -0.25) is 19.9 Å². The average Bonchev–Trinajstić information content (AvgIpc) is 3.18. The highest BCUT2D eigenvalue weighted by molar-refractivity contribution is 5.53. The molecule has 2 aliphatic heterocycles. The lowest BCUT2D eigenvalue weighted by atomic mass is 9.78. The zero-order valence-electron chi connectivity index (χ0n) is 16.7. The summed E-state index contributed by atoms with van der Waals surface area (Å²) in [7, 11) is 1.44. The van der Waals surface area contributed by atoms with Gasteiger partial charge in [0.15, 0.2) is 11.5 Å². The van der Waals surface area contributed by atoms with Crippen LogP contribution in [-0.2, 0) is 6.54 Å². The minimum atomic E-state index is -0.418. The molecular formula is C21H31N3O4. The number of ether oxygens (including phenoxy) is 1. The molecule has 1 aromatic carbocycles. The molecule has 1 aromatic rings. The number of piperazine rings is 1. The number of aromatic hydroxyl groups is 1. The van der Waals surface area contributed by atoms with Crippen LogP contribution in [0, 0.1) is 16.0 Å². The fraction of sp³-hybridized carbons (Fsp3) is 0.714. The molecule has 3 fully saturated rings. The van der Waals surface area contributed by atoms with Crippen LogP contribution in [0.25, 0.3) is 0 Å². The first-order valence-corrected chi connectivity index (χ1v) is 10.6. The van der Waals surface area contributed by atoms with Gasteiger partial charge in [-0.15, -0.1) is 0 Å². The first-order valence-electron chi connectivity index (χ1n) is 10.6. The van der Waals surface area contributed by atoms with Crippen molar-refractivity contribution in [2.45, 2.75) is 63.6 Å². The zero-order valence-corrected chi connectivity index (χ0v) is 16.7. The molecule has 0 bridgehead atoms. The highest BCUT2D eigenvalue weighted by Gasteiger charge is 2.43. The van der Waals surface area contributed by atoms with Crippen LogP contribution in [-0.4, -0.2) is 58.7 Å². The molecule has 1 aliphatic carbocycles. The van der Waals surface area contributed by atoms with E-state index in [4.69, 9.17) is 4.74 Å². The van der Waals surface area contributed by atoms with E-state index in [9.17, 15) is 15.2 Å². The molecule has 4 rings (SSSR count). The molecule has 2 atom stereocenters. The minimum Gasteiger partial charge on any atom is -0.504 e. The number of fused-ring (bicyclic) bond motifs is 1. The van der Waals surface area contributed by atoms with Crippen LogP contribution in [0.4, 0.5) is 5.69 Å². The van der Waals surface area contributed by atoms with Crippen molar-refractivity contribution >= 4 is 5.69 Å². The van der Waals surface area contributed by atoms with Gasteiger partial charge in [0.1, 0.15) is 0 Å². The second kappa shape index (κ2) is 8.25. The molecule has 0 spiro atoms. The summed E-state index contributed by atoms with van der Waals surface area (Å²) in [6.45, 7) is 3.72. The van der Waals surface area contributed by atoms with E-state index < -0.39 is 4.92 Å². The molecule has 28 heavy (non-hydrogen) atoms.